The van der Waals surface area contributed by atoms with E-state index in [1.54, 1.807) is 55.0 Å². The number of hydrazine groups is 1. The molecule has 2 aliphatic carbocycles. The predicted molar refractivity (Wildman–Crippen MR) is 196 cm³/mol. The van der Waals surface area contributed by atoms with Crippen LogP contribution in [-0.4, -0.2) is 48.4 Å². The quantitative estimate of drug-likeness (QED) is 0.107. The summed E-state index contributed by atoms with van der Waals surface area (Å²) in [6.07, 6.45) is 9.31. The number of hydrogen-bond acceptors (Lipinski definition) is 11. The second kappa shape index (κ2) is 13.7. The maximum atomic E-state index is 15.6. The molecule has 8 rings (SSSR count). The van der Waals surface area contributed by atoms with E-state index in [2.05, 4.69) is 30.2 Å². The Bertz CT molecular complexity index is 2230. The third kappa shape index (κ3) is 6.45. The Morgan fingerprint density at radius 3 is 1.51 bits per heavy atom. The number of halogens is 3. The van der Waals surface area contributed by atoms with E-state index in [-0.39, 0.29) is 24.6 Å². The van der Waals surface area contributed by atoms with Crippen LogP contribution in [0.5, 0.6) is 0 Å². The summed E-state index contributed by atoms with van der Waals surface area (Å²) in [5, 5.41) is 22.3. The maximum absolute atomic E-state index is 15.6. The van der Waals surface area contributed by atoms with E-state index < -0.39 is 22.5 Å². The minimum atomic E-state index is -0.684. The van der Waals surface area contributed by atoms with Gasteiger partial charge in [-0.1, -0.05) is 18.9 Å². The van der Waals surface area contributed by atoms with Crippen molar-refractivity contribution in [2.45, 2.75) is 49.4 Å². The molecule has 0 amide bonds. The van der Waals surface area contributed by atoms with Gasteiger partial charge in [0.2, 0.25) is 0 Å². The van der Waals surface area contributed by atoms with Gasteiger partial charge in [-0.05, 0) is 98.5 Å². The Balaban J connectivity index is 1.26. The highest BCUT2D eigenvalue weighted by atomic mass is 19.1. The lowest BCUT2D eigenvalue weighted by Crippen LogP contribution is -2.58. The molecular weight excluding hydrogens is 679 g/mol. The first-order chi connectivity index (χ1) is 25.7. The van der Waals surface area contributed by atoms with E-state index in [0.29, 0.717) is 71.5 Å². The molecule has 0 unspecified atom stereocenters. The zero-order valence-electron chi connectivity index (χ0n) is 28.7. The maximum Gasteiger partial charge on any atom is 0.169 e. The highest BCUT2D eigenvalue weighted by Gasteiger charge is 2.48. The highest BCUT2D eigenvalue weighted by molar-refractivity contribution is 5.64. The number of nitrogen functional groups attached to an aromatic ring is 2. The smallest absolute Gasteiger partial charge is 0.169 e. The number of nitrogens with zero attached hydrogens (tertiary/aromatic N) is 9. The molecule has 4 N–H and O–H groups in total. The monoisotopic (exact) mass is 715 g/mol. The van der Waals surface area contributed by atoms with E-state index in [4.69, 9.17) is 16.6 Å². The molecule has 0 saturated heterocycles. The molecule has 268 valence electrons. The van der Waals surface area contributed by atoms with Crippen LogP contribution in [0.25, 0.3) is 22.5 Å². The van der Waals surface area contributed by atoms with Gasteiger partial charge >= 0.3 is 0 Å². The van der Waals surface area contributed by atoms with Gasteiger partial charge in [-0.3, -0.25) is 20.0 Å². The third-order valence-corrected chi connectivity index (χ3v) is 10.5. The van der Waals surface area contributed by atoms with Crippen LogP contribution in [0.4, 0.5) is 36.3 Å². The minimum absolute atomic E-state index is 0.0294. The van der Waals surface area contributed by atoms with E-state index in [1.165, 1.54) is 24.3 Å². The fourth-order valence-electron chi connectivity index (χ4n) is 7.33. The van der Waals surface area contributed by atoms with Crippen molar-refractivity contribution in [3.8, 4) is 22.5 Å². The van der Waals surface area contributed by atoms with Crippen LogP contribution in [0, 0.1) is 17.5 Å². The van der Waals surface area contributed by atoms with Crippen LogP contribution in [0.1, 0.15) is 49.9 Å². The summed E-state index contributed by atoms with van der Waals surface area (Å²) in [4.78, 5) is 13.2. The van der Waals surface area contributed by atoms with Gasteiger partial charge in [0.25, 0.3) is 0 Å². The van der Waals surface area contributed by atoms with Crippen LogP contribution in [0.3, 0.4) is 0 Å². The Morgan fingerprint density at radius 1 is 0.566 bits per heavy atom. The number of aromatic nitrogens is 7. The van der Waals surface area contributed by atoms with Crippen LogP contribution < -0.4 is 21.5 Å². The van der Waals surface area contributed by atoms with E-state index in [0.717, 1.165) is 18.4 Å². The van der Waals surface area contributed by atoms with Gasteiger partial charge in [0.05, 0.1) is 41.6 Å². The Morgan fingerprint density at radius 2 is 1.09 bits per heavy atom. The first kappa shape index (κ1) is 33.9. The van der Waals surface area contributed by atoms with Gasteiger partial charge < -0.3 is 11.5 Å². The molecular formula is C39H36F3N11. The van der Waals surface area contributed by atoms with E-state index in [1.807, 2.05) is 28.2 Å². The summed E-state index contributed by atoms with van der Waals surface area (Å²) in [6.45, 7) is 0.503. The second-order valence-corrected chi connectivity index (χ2v) is 13.8. The van der Waals surface area contributed by atoms with Crippen LogP contribution in [-0.2, 0) is 10.8 Å². The SMILES string of the molecule is Nc1ccc(-c2ccc(N(CC3(c4ncccc4F)CCC3)N(CC3(c4ncccc4F)CCC3)c3ccc(-c4ccc(N)c(F)c4)nn3)nn2)cn1. The number of pyridine rings is 3. The van der Waals surface area contributed by atoms with Crippen molar-refractivity contribution in [2.75, 3.05) is 34.6 Å². The molecule has 0 aliphatic heterocycles. The van der Waals surface area contributed by atoms with Crippen molar-refractivity contribution in [3.05, 3.63) is 126 Å². The van der Waals surface area contributed by atoms with E-state index in [9.17, 15) is 4.39 Å². The number of nitrogens with two attached hydrogens (primary N) is 2. The molecule has 11 nitrogen and oxygen atoms in total. The standard InChI is InChI=1S/C39H36F3N11/c40-27-5-1-19-45-36(27)38(15-3-16-38)23-52(34-13-10-31(48-50-34)25-7-9-30(43)29(42)21-25)53(24-39(17-4-18-39)37-28(41)6-2-20-46-37)35-14-11-32(49-51-35)26-8-12-33(44)47-22-26/h1-2,5-14,19-22H,3-4,15-18,23-24,43H2,(H2,44,47). The zero-order valence-corrected chi connectivity index (χ0v) is 28.7. The predicted octanol–water partition coefficient (Wildman–Crippen LogP) is 6.84. The number of rotatable bonds is 11. The first-order valence-corrected chi connectivity index (χ1v) is 17.5. The lowest BCUT2D eigenvalue weighted by molar-refractivity contribution is 0.211. The average Bonchev–Trinajstić information content (AvgIpc) is 3.14. The van der Waals surface area contributed by atoms with Gasteiger partial charge in [0.15, 0.2) is 11.6 Å². The molecule has 14 heteroatoms. The minimum Gasteiger partial charge on any atom is -0.396 e. The third-order valence-electron chi connectivity index (χ3n) is 10.5. The second-order valence-electron chi connectivity index (χ2n) is 13.8. The Labute approximate surface area is 303 Å². The highest BCUT2D eigenvalue weighted by Crippen LogP contribution is 2.48. The fourth-order valence-corrected chi connectivity index (χ4v) is 7.33. The molecule has 5 aromatic heterocycles. The van der Waals surface area contributed by atoms with Gasteiger partial charge in [0, 0.05) is 40.5 Å². The van der Waals surface area contributed by atoms with Gasteiger partial charge in [-0.15, -0.1) is 20.4 Å². The van der Waals surface area contributed by atoms with Gasteiger partial charge in [-0.25, -0.2) is 18.2 Å². The number of anilines is 4. The van der Waals surface area contributed by atoms with Crippen molar-refractivity contribution in [1.29, 1.82) is 0 Å². The molecule has 2 fully saturated rings. The molecule has 0 spiro atoms. The molecule has 0 atom stereocenters. The molecule has 2 aliphatic rings. The van der Waals surface area contributed by atoms with Crippen LogP contribution in [0.15, 0.2) is 97.5 Å². The van der Waals surface area contributed by atoms with Crippen molar-refractivity contribution >= 4 is 23.1 Å². The molecule has 2 saturated carbocycles. The number of hydrogen-bond donors (Lipinski definition) is 2. The van der Waals surface area contributed by atoms with Crippen molar-refractivity contribution in [1.82, 2.24) is 35.3 Å². The lowest BCUT2D eigenvalue weighted by atomic mass is 9.65. The summed E-state index contributed by atoms with van der Waals surface area (Å²) < 4.78 is 45.6. The largest absolute Gasteiger partial charge is 0.396 e. The topological polar surface area (TPSA) is 149 Å². The molecule has 0 bridgehead atoms. The lowest BCUT2D eigenvalue weighted by Gasteiger charge is -2.51. The van der Waals surface area contributed by atoms with Crippen LogP contribution >= 0.6 is 0 Å². The van der Waals surface area contributed by atoms with Crippen molar-refractivity contribution < 1.29 is 13.2 Å². The Kier molecular flexibility index (Phi) is 8.80. The fraction of sp³-hybridized carbons (Fsp3) is 0.256. The molecule has 6 aromatic rings. The normalized spacial score (nSPS) is 15.6. The van der Waals surface area contributed by atoms with Crippen molar-refractivity contribution in [2.24, 2.45) is 0 Å². The first-order valence-electron chi connectivity index (χ1n) is 17.5. The van der Waals surface area contributed by atoms with Gasteiger partial charge in [-0.2, -0.15) is 0 Å². The average molecular weight is 716 g/mol. The zero-order chi connectivity index (χ0) is 36.6. The molecule has 5 heterocycles. The Hall–Kier alpha value is -6.18. The summed E-state index contributed by atoms with van der Waals surface area (Å²) in [5.74, 6) is -0.0934. The summed E-state index contributed by atoms with van der Waals surface area (Å²) in [6, 6.07) is 21.2. The van der Waals surface area contributed by atoms with Crippen molar-refractivity contribution in [3.63, 3.8) is 0 Å². The summed E-state index contributed by atoms with van der Waals surface area (Å²) in [7, 11) is 0. The number of benzene rings is 1. The summed E-state index contributed by atoms with van der Waals surface area (Å²) >= 11 is 0. The molecule has 0 radical (unpaired) electrons. The van der Waals surface area contributed by atoms with Gasteiger partial charge in [0.1, 0.15) is 23.3 Å². The molecule has 53 heavy (non-hydrogen) atoms. The van der Waals surface area contributed by atoms with E-state index >= 15 is 8.78 Å². The van der Waals surface area contributed by atoms with Crippen LogP contribution in [0.2, 0.25) is 0 Å². The molecule has 1 aromatic carbocycles. The summed E-state index contributed by atoms with van der Waals surface area (Å²) in [5.41, 5.74) is 13.2.